The zero-order valence-corrected chi connectivity index (χ0v) is 44.2. The van der Waals surface area contributed by atoms with Crippen LogP contribution >= 0.6 is 0 Å². The fourth-order valence-electron chi connectivity index (χ4n) is 12.0. The second-order valence-electron chi connectivity index (χ2n) is 22.0. The van der Waals surface area contributed by atoms with Crippen LogP contribution in [0.25, 0.3) is 66.4 Å². The number of pyridine rings is 2. The van der Waals surface area contributed by atoms with Gasteiger partial charge in [0.1, 0.15) is 0 Å². The predicted octanol–water partition coefficient (Wildman–Crippen LogP) is 12.2. The summed E-state index contributed by atoms with van der Waals surface area (Å²) in [5.41, 5.74) is 30.5. The minimum absolute atomic E-state index is 0.158. The van der Waals surface area contributed by atoms with Crippen LogP contribution in [0.2, 0.25) is 0 Å². The van der Waals surface area contributed by atoms with Crippen molar-refractivity contribution in [3.05, 3.63) is 167 Å². The fraction of sp³-hybridized carbons (Fsp3) is 0.355. The lowest BCUT2D eigenvalue weighted by Gasteiger charge is -2.33. The summed E-state index contributed by atoms with van der Waals surface area (Å²) in [4.78, 5) is 10.1. The number of nitrogens with two attached hydrogens (primary N) is 2. The van der Waals surface area contributed by atoms with Crippen LogP contribution in [0.1, 0.15) is 98.8 Å². The number of ether oxygens (including phenoxy) is 2. The Bertz CT molecular complexity index is 3340. The summed E-state index contributed by atoms with van der Waals surface area (Å²) in [6.07, 6.45) is 11.9. The zero-order chi connectivity index (χ0) is 51.5. The second-order valence-corrected chi connectivity index (χ2v) is 22.0. The molecule has 8 heterocycles. The van der Waals surface area contributed by atoms with Crippen LogP contribution < -0.4 is 11.5 Å². The highest BCUT2D eigenvalue weighted by molar-refractivity contribution is 6.08. The van der Waals surface area contributed by atoms with E-state index in [1.807, 2.05) is 48.2 Å². The van der Waals surface area contributed by atoms with Crippen LogP contribution in [0.5, 0.6) is 0 Å². The molecule has 12 nitrogen and oxygen atoms in total. The van der Waals surface area contributed by atoms with Crippen molar-refractivity contribution in [2.45, 2.75) is 90.4 Å². The number of benzene rings is 4. The van der Waals surface area contributed by atoms with Crippen LogP contribution in [-0.2, 0) is 34.6 Å². The number of hydrogen-bond donors (Lipinski definition) is 2. The predicted molar refractivity (Wildman–Crippen MR) is 299 cm³/mol. The van der Waals surface area contributed by atoms with Crippen LogP contribution in [0, 0.1) is 25.7 Å². The van der Waals surface area contributed by atoms with Crippen molar-refractivity contribution in [2.24, 2.45) is 37.4 Å². The maximum atomic E-state index is 6.59. The molecule has 0 amide bonds. The highest BCUT2D eigenvalue weighted by Gasteiger charge is 2.33. The van der Waals surface area contributed by atoms with Gasteiger partial charge in [-0.2, -0.15) is 10.2 Å². The van der Waals surface area contributed by atoms with E-state index in [0.717, 1.165) is 130 Å². The van der Waals surface area contributed by atoms with Crippen molar-refractivity contribution < 1.29 is 9.47 Å². The lowest BCUT2D eigenvalue weighted by molar-refractivity contribution is 0.0552. The molecule has 2 aliphatic rings. The summed E-state index contributed by atoms with van der Waals surface area (Å²) in [6, 6.07) is 40.0. The molecule has 2 unspecified atom stereocenters. The Morgan fingerprint density at radius 1 is 0.500 bits per heavy atom. The maximum absolute atomic E-state index is 6.59. The molecule has 2 fully saturated rings. The molecule has 0 spiro atoms. The van der Waals surface area contributed by atoms with Gasteiger partial charge in [0, 0.05) is 85.9 Å². The van der Waals surface area contributed by atoms with Gasteiger partial charge in [0.2, 0.25) is 0 Å². The van der Waals surface area contributed by atoms with Crippen molar-refractivity contribution >= 4 is 43.9 Å². The summed E-state index contributed by atoms with van der Waals surface area (Å²) in [5.74, 6) is 0.901. The molecule has 0 aliphatic carbocycles. The number of rotatable bonds is 10. The van der Waals surface area contributed by atoms with E-state index < -0.39 is 11.1 Å². The Labute approximate surface area is 434 Å². The minimum Gasteiger partial charge on any atom is -0.381 e. The number of aromatic nitrogens is 8. The van der Waals surface area contributed by atoms with E-state index >= 15 is 0 Å². The van der Waals surface area contributed by atoms with E-state index in [4.69, 9.17) is 30.9 Å². The first-order chi connectivity index (χ1) is 35.7. The van der Waals surface area contributed by atoms with Crippen LogP contribution in [0.15, 0.2) is 134 Å². The van der Waals surface area contributed by atoms with Gasteiger partial charge in [-0.25, -0.2) is 0 Å². The number of aryl methyl sites for hydroxylation is 4. The first-order valence-electron chi connectivity index (χ1n) is 26.3. The molecular formula is C62H70N10O2. The minimum atomic E-state index is -0.444. The van der Waals surface area contributed by atoms with Crippen molar-refractivity contribution in [3.63, 3.8) is 0 Å². The molecule has 380 valence electrons. The van der Waals surface area contributed by atoms with Gasteiger partial charge in [-0.05, 0) is 137 Å². The number of fused-ring (bicyclic) bond motifs is 6. The van der Waals surface area contributed by atoms with Crippen LogP contribution in [0.4, 0.5) is 0 Å². The Hall–Kier alpha value is -6.96. The second kappa shape index (κ2) is 19.7. The molecular weight excluding hydrogens is 917 g/mol. The van der Waals surface area contributed by atoms with Crippen molar-refractivity contribution in [2.75, 3.05) is 26.4 Å². The summed E-state index contributed by atoms with van der Waals surface area (Å²) < 4.78 is 20.5. The number of nitrogens with zero attached hydrogens (tertiary/aromatic N) is 8. The third-order valence-electron chi connectivity index (χ3n) is 15.8. The van der Waals surface area contributed by atoms with E-state index in [1.165, 1.54) is 22.2 Å². The Morgan fingerprint density at radius 2 is 0.878 bits per heavy atom. The van der Waals surface area contributed by atoms with Gasteiger partial charge in [-0.1, -0.05) is 84.9 Å². The van der Waals surface area contributed by atoms with Gasteiger partial charge >= 0.3 is 0 Å². The molecule has 6 aromatic heterocycles. The van der Waals surface area contributed by atoms with Crippen molar-refractivity contribution in [3.8, 4) is 22.5 Å². The first-order valence-corrected chi connectivity index (χ1v) is 26.3. The third kappa shape index (κ3) is 9.12. The Kier molecular flexibility index (Phi) is 13.1. The number of hydrogen-bond acceptors (Lipinski definition) is 8. The summed E-state index contributed by atoms with van der Waals surface area (Å²) in [7, 11) is 3.99. The molecule has 0 saturated carbocycles. The molecule has 4 aromatic carbocycles. The molecule has 0 radical (unpaired) electrons. The first kappa shape index (κ1) is 49.3. The molecule has 2 aliphatic heterocycles. The van der Waals surface area contributed by atoms with E-state index in [0.29, 0.717) is 11.8 Å². The van der Waals surface area contributed by atoms with Gasteiger partial charge in [-0.3, -0.25) is 19.3 Å². The Balaban J connectivity index is 0.000000159. The zero-order valence-electron chi connectivity index (χ0n) is 44.2. The molecule has 10 aromatic rings. The highest BCUT2D eigenvalue weighted by atomic mass is 16.5. The normalized spacial score (nSPS) is 16.0. The average Bonchev–Trinajstić information content (AvgIpc) is 4.14. The van der Waals surface area contributed by atoms with Crippen LogP contribution in [-0.4, -0.2) is 65.1 Å². The van der Waals surface area contributed by atoms with Crippen molar-refractivity contribution in [1.82, 2.24) is 38.7 Å². The lowest BCUT2D eigenvalue weighted by Crippen LogP contribution is -2.29. The van der Waals surface area contributed by atoms with E-state index in [1.54, 1.807) is 0 Å². The Morgan fingerprint density at radius 3 is 1.22 bits per heavy atom. The van der Waals surface area contributed by atoms with Gasteiger partial charge < -0.3 is 30.1 Å². The quantitative estimate of drug-likeness (QED) is 0.138. The summed E-state index contributed by atoms with van der Waals surface area (Å²) >= 11 is 0. The molecule has 74 heavy (non-hydrogen) atoms. The van der Waals surface area contributed by atoms with Gasteiger partial charge in [0.05, 0.1) is 69.0 Å². The third-order valence-corrected chi connectivity index (χ3v) is 15.8. The standard InChI is InChI=1S/2C31H35N5O/c2*1-20-18-34-35(4)29(20)23-16-27-28(33-19-23)25-11-10-24(31(2,3)32)17-26(25)36(27)30(21-8-6-5-7-9-21)22-12-14-37-15-13-22/h2*5-11,16-19,22,30H,12-15,32H2,1-4H3. The largest absolute Gasteiger partial charge is 0.381 e. The van der Waals surface area contributed by atoms with Gasteiger partial charge in [-0.15, -0.1) is 0 Å². The molecule has 12 heteroatoms. The monoisotopic (exact) mass is 987 g/mol. The molecule has 2 saturated heterocycles. The maximum Gasteiger partial charge on any atom is 0.0960 e. The smallest absolute Gasteiger partial charge is 0.0960 e. The van der Waals surface area contributed by atoms with Crippen molar-refractivity contribution in [1.29, 1.82) is 0 Å². The van der Waals surface area contributed by atoms with E-state index in [-0.39, 0.29) is 12.1 Å². The lowest BCUT2D eigenvalue weighted by atomic mass is 9.86. The van der Waals surface area contributed by atoms with E-state index in [9.17, 15) is 0 Å². The van der Waals surface area contributed by atoms with E-state index in [2.05, 4.69) is 170 Å². The van der Waals surface area contributed by atoms with Crippen LogP contribution in [0.3, 0.4) is 0 Å². The fourth-order valence-corrected chi connectivity index (χ4v) is 12.0. The summed E-state index contributed by atoms with van der Waals surface area (Å²) in [5, 5.41) is 11.3. The summed E-state index contributed by atoms with van der Waals surface area (Å²) in [6.45, 7) is 15.7. The molecule has 2 atom stereocenters. The molecule has 12 rings (SSSR count). The topological polar surface area (TPSA) is 142 Å². The van der Waals surface area contributed by atoms with Gasteiger partial charge in [0.15, 0.2) is 0 Å². The highest BCUT2D eigenvalue weighted by Crippen LogP contribution is 2.44. The average molecular weight is 987 g/mol. The molecule has 0 bridgehead atoms. The SMILES string of the molecule is Cc1cnn(C)c1-c1cnc2c3ccc(C(C)(C)N)cc3n(C(c3ccccc3)C3CCOCC3)c2c1.Cc1cnn(C)c1-c1cnc2c3ccc(C(C)(C)N)cc3n(C(c3ccccc3)C3CCOCC3)c2c1. The molecule has 4 N–H and O–H groups in total. The van der Waals surface area contributed by atoms with Gasteiger partial charge in [0.25, 0.3) is 0 Å².